The molecule has 2 fully saturated rings. The number of halogens is 1. The smallest absolute Gasteiger partial charge is 0.263 e. The topological polar surface area (TPSA) is 84.9 Å². The minimum absolute atomic E-state index is 0.00930. The maximum atomic E-state index is 13.0. The van der Waals surface area contributed by atoms with E-state index in [1.165, 1.54) is 18.9 Å². The number of anilines is 2. The summed E-state index contributed by atoms with van der Waals surface area (Å²) in [4.78, 5) is 14.9. The Balaban J connectivity index is 1.34. The van der Waals surface area contributed by atoms with E-state index in [1.54, 1.807) is 48.4 Å². The summed E-state index contributed by atoms with van der Waals surface area (Å²) in [5, 5.41) is 0. The van der Waals surface area contributed by atoms with Gasteiger partial charge in [-0.05, 0) is 89.6 Å². The maximum absolute atomic E-state index is 13.0. The zero-order chi connectivity index (χ0) is 26.0. The Hall–Kier alpha value is -3.04. The average Bonchev–Trinajstić information content (AvgIpc) is 3.53. The molecule has 0 bridgehead atoms. The van der Waals surface area contributed by atoms with Crippen LogP contribution < -0.4 is 19.1 Å². The Morgan fingerprint density at radius 3 is 2.51 bits per heavy atom. The normalized spacial score (nSPS) is 18.3. The molecule has 9 heteroatoms. The zero-order valence-corrected chi connectivity index (χ0v) is 22.9. The second-order valence-corrected chi connectivity index (χ2v) is 11.9. The van der Waals surface area contributed by atoms with E-state index in [4.69, 9.17) is 9.47 Å². The van der Waals surface area contributed by atoms with Gasteiger partial charge in [-0.2, -0.15) is 0 Å². The number of carbonyl (C=O) groups excluding carboxylic acids is 1. The van der Waals surface area contributed by atoms with Gasteiger partial charge in [-0.3, -0.25) is 9.52 Å². The van der Waals surface area contributed by atoms with Crippen molar-refractivity contribution in [2.45, 2.75) is 49.0 Å². The number of carbonyl (C=O) groups is 1. The summed E-state index contributed by atoms with van der Waals surface area (Å²) in [7, 11) is -2.17. The summed E-state index contributed by atoms with van der Waals surface area (Å²) < 4.78 is 40.7. The highest BCUT2D eigenvalue weighted by Gasteiger charge is 2.32. The highest BCUT2D eigenvalue weighted by atomic mass is 79.9. The molecule has 1 N–H and O–H groups in total. The van der Waals surface area contributed by atoms with E-state index >= 15 is 0 Å². The van der Waals surface area contributed by atoms with E-state index in [2.05, 4.69) is 20.7 Å². The van der Waals surface area contributed by atoms with Crippen LogP contribution in [-0.2, 0) is 14.8 Å². The molecule has 1 saturated heterocycles. The van der Waals surface area contributed by atoms with E-state index in [0.717, 1.165) is 24.2 Å². The number of methoxy groups -OCH3 is 1. The maximum Gasteiger partial charge on any atom is 0.263 e. The first-order valence-corrected chi connectivity index (χ1v) is 14.6. The van der Waals surface area contributed by atoms with Crippen molar-refractivity contribution >= 4 is 43.2 Å². The van der Waals surface area contributed by atoms with Gasteiger partial charge in [-0.15, -0.1) is 0 Å². The Kier molecular flexibility index (Phi) is 7.44. The van der Waals surface area contributed by atoms with Crippen LogP contribution in [-0.4, -0.2) is 34.1 Å². The van der Waals surface area contributed by atoms with E-state index < -0.39 is 10.0 Å². The largest absolute Gasteiger partial charge is 0.493 e. The molecule has 0 spiro atoms. The quantitative estimate of drug-likeness (QED) is 0.346. The predicted octanol–water partition coefficient (Wildman–Crippen LogP) is 6.10. The summed E-state index contributed by atoms with van der Waals surface area (Å²) in [5.41, 5.74) is 2.06. The van der Waals surface area contributed by atoms with Gasteiger partial charge in [0.2, 0.25) is 5.91 Å². The molecule has 37 heavy (non-hydrogen) atoms. The molecule has 1 unspecified atom stereocenters. The number of ether oxygens (including phenoxy) is 2. The van der Waals surface area contributed by atoms with Crippen LogP contribution in [0.5, 0.6) is 11.5 Å². The number of nitrogens with one attached hydrogen (secondary N) is 1. The van der Waals surface area contributed by atoms with Gasteiger partial charge in [0.05, 0.1) is 18.9 Å². The highest BCUT2D eigenvalue weighted by molar-refractivity contribution is 9.10. The van der Waals surface area contributed by atoms with E-state index in [-0.39, 0.29) is 22.8 Å². The zero-order valence-electron chi connectivity index (χ0n) is 20.5. The second kappa shape index (κ2) is 10.8. The van der Waals surface area contributed by atoms with Crippen LogP contribution in [0, 0.1) is 0 Å². The summed E-state index contributed by atoms with van der Waals surface area (Å²) >= 11 is 3.30. The van der Waals surface area contributed by atoms with E-state index in [0.29, 0.717) is 34.6 Å². The molecule has 0 radical (unpaired) electrons. The highest BCUT2D eigenvalue weighted by Crippen LogP contribution is 2.38. The molecule has 3 aromatic rings. The van der Waals surface area contributed by atoms with Crippen LogP contribution in [0.2, 0.25) is 0 Å². The molecule has 1 atom stereocenters. The lowest BCUT2D eigenvalue weighted by molar-refractivity contribution is -0.117. The van der Waals surface area contributed by atoms with Crippen LogP contribution in [0.15, 0.2) is 76.1 Å². The molecule has 194 valence electrons. The monoisotopic (exact) mass is 584 g/mol. The molecule has 1 amide bonds. The standard InChI is InChI=1S/C28H29BrN2O5S/c1-35-25-14-13-19(15-26(25)36-23-9-2-3-10-23)20-16-28(32)31(18-20)22-8-6-7-21(17-22)30-37(33,34)27-12-5-4-11-24(27)29/h4-8,11-15,17,20,23,30H,2-3,9-10,16,18H2,1H3. The molecular formula is C28H29BrN2O5S. The van der Waals surface area contributed by atoms with Crippen molar-refractivity contribution in [1.29, 1.82) is 0 Å². The molecule has 1 aliphatic carbocycles. The Morgan fingerprint density at radius 1 is 0.973 bits per heavy atom. The van der Waals surface area contributed by atoms with Gasteiger partial charge in [0, 0.05) is 29.0 Å². The van der Waals surface area contributed by atoms with E-state index in [1.807, 2.05) is 24.3 Å². The number of amides is 1. The molecule has 1 aliphatic heterocycles. The summed E-state index contributed by atoms with van der Waals surface area (Å²) in [6.07, 6.45) is 5.01. The molecule has 7 nitrogen and oxygen atoms in total. The van der Waals surface area contributed by atoms with E-state index in [9.17, 15) is 13.2 Å². The number of nitrogens with zero attached hydrogens (tertiary/aromatic N) is 1. The first-order chi connectivity index (χ1) is 17.8. The van der Waals surface area contributed by atoms with Gasteiger partial charge >= 0.3 is 0 Å². The Labute approximate surface area is 226 Å². The van der Waals surface area contributed by atoms with Gasteiger partial charge in [0.15, 0.2) is 11.5 Å². The number of benzene rings is 3. The van der Waals surface area contributed by atoms with Crippen LogP contribution in [0.1, 0.15) is 43.6 Å². The van der Waals surface area contributed by atoms with Gasteiger partial charge in [0.25, 0.3) is 10.0 Å². The molecule has 3 aromatic carbocycles. The Bertz CT molecular complexity index is 1410. The molecule has 1 heterocycles. The lowest BCUT2D eigenvalue weighted by Crippen LogP contribution is -2.24. The third-order valence-electron chi connectivity index (χ3n) is 6.92. The fourth-order valence-corrected chi connectivity index (χ4v) is 7.07. The third kappa shape index (κ3) is 5.62. The molecule has 0 aromatic heterocycles. The summed E-state index contributed by atoms with van der Waals surface area (Å²) in [5.74, 6) is 1.40. The van der Waals surface area contributed by atoms with Crippen LogP contribution >= 0.6 is 15.9 Å². The van der Waals surface area contributed by atoms with Crippen LogP contribution in [0.3, 0.4) is 0 Å². The summed E-state index contributed by atoms with van der Waals surface area (Å²) in [6.45, 7) is 0.495. The number of rotatable bonds is 8. The van der Waals surface area contributed by atoms with Gasteiger partial charge in [-0.1, -0.05) is 24.3 Å². The molecular weight excluding hydrogens is 556 g/mol. The second-order valence-electron chi connectivity index (χ2n) is 9.43. The minimum Gasteiger partial charge on any atom is -0.493 e. The lowest BCUT2D eigenvalue weighted by atomic mass is 9.98. The number of hydrogen-bond donors (Lipinski definition) is 1. The van der Waals surface area contributed by atoms with Gasteiger partial charge in [-0.25, -0.2) is 8.42 Å². The van der Waals surface area contributed by atoms with Crippen molar-refractivity contribution in [3.8, 4) is 11.5 Å². The van der Waals surface area contributed by atoms with Crippen LogP contribution in [0.4, 0.5) is 11.4 Å². The van der Waals surface area contributed by atoms with Crippen molar-refractivity contribution in [2.24, 2.45) is 0 Å². The summed E-state index contributed by atoms with van der Waals surface area (Å²) in [6, 6.07) is 19.5. The fourth-order valence-electron chi connectivity index (χ4n) is 5.02. The van der Waals surface area contributed by atoms with Crippen molar-refractivity contribution in [3.63, 3.8) is 0 Å². The average molecular weight is 586 g/mol. The van der Waals surface area contributed by atoms with Crippen molar-refractivity contribution in [2.75, 3.05) is 23.3 Å². The van der Waals surface area contributed by atoms with Crippen molar-refractivity contribution in [1.82, 2.24) is 0 Å². The SMILES string of the molecule is COc1ccc(C2CC(=O)N(c3cccc(NS(=O)(=O)c4ccccc4Br)c3)C2)cc1OC1CCCC1. The number of hydrogen-bond acceptors (Lipinski definition) is 5. The van der Waals surface area contributed by atoms with Crippen molar-refractivity contribution < 1.29 is 22.7 Å². The third-order valence-corrected chi connectivity index (χ3v) is 9.31. The fraction of sp³-hybridized carbons (Fsp3) is 0.321. The molecule has 5 rings (SSSR count). The van der Waals surface area contributed by atoms with Crippen LogP contribution in [0.25, 0.3) is 0 Å². The molecule has 1 saturated carbocycles. The lowest BCUT2D eigenvalue weighted by Gasteiger charge is -2.20. The number of sulfonamides is 1. The first kappa shape index (κ1) is 25.6. The van der Waals surface area contributed by atoms with Gasteiger partial charge < -0.3 is 14.4 Å². The first-order valence-electron chi connectivity index (χ1n) is 12.4. The predicted molar refractivity (Wildman–Crippen MR) is 147 cm³/mol. The minimum atomic E-state index is -3.80. The van der Waals surface area contributed by atoms with Gasteiger partial charge in [0.1, 0.15) is 4.90 Å². The molecule has 2 aliphatic rings. The Morgan fingerprint density at radius 2 is 1.76 bits per heavy atom. The van der Waals surface area contributed by atoms with Crippen molar-refractivity contribution in [3.05, 3.63) is 76.8 Å².